The van der Waals surface area contributed by atoms with E-state index in [2.05, 4.69) is 37.8 Å². The molecular formula is C20H25N5O. The number of hydrogen-bond acceptors (Lipinski definition) is 3. The van der Waals surface area contributed by atoms with Gasteiger partial charge < -0.3 is 19.2 Å². The van der Waals surface area contributed by atoms with E-state index in [4.69, 9.17) is 4.42 Å². The zero-order chi connectivity index (χ0) is 18.4. The van der Waals surface area contributed by atoms with Gasteiger partial charge in [-0.1, -0.05) is 30.3 Å². The third-order valence-corrected chi connectivity index (χ3v) is 4.12. The second kappa shape index (κ2) is 8.38. The molecule has 0 radical (unpaired) electrons. The van der Waals surface area contributed by atoms with Crippen LogP contribution in [0.3, 0.4) is 0 Å². The van der Waals surface area contributed by atoms with Crippen molar-refractivity contribution in [1.29, 1.82) is 0 Å². The summed E-state index contributed by atoms with van der Waals surface area (Å²) in [5.41, 5.74) is 2.24. The number of guanidine groups is 1. The third kappa shape index (κ3) is 4.33. The molecule has 0 saturated carbocycles. The van der Waals surface area contributed by atoms with Crippen molar-refractivity contribution in [3.8, 4) is 11.3 Å². The summed E-state index contributed by atoms with van der Waals surface area (Å²) in [5, 5.41) is 3.32. The number of aromatic nitrogens is 2. The van der Waals surface area contributed by atoms with Gasteiger partial charge in [-0.3, -0.25) is 0 Å². The molecule has 3 aromatic rings. The Morgan fingerprint density at radius 2 is 2.04 bits per heavy atom. The minimum atomic E-state index is 0.395. The number of benzene rings is 1. The number of aliphatic imine (C=N–C) groups is 1. The normalized spacial score (nSPS) is 11.6. The van der Waals surface area contributed by atoms with Gasteiger partial charge in [0.25, 0.3) is 0 Å². The highest BCUT2D eigenvalue weighted by Crippen LogP contribution is 2.20. The van der Waals surface area contributed by atoms with Gasteiger partial charge in [-0.2, -0.15) is 0 Å². The maximum atomic E-state index is 5.83. The zero-order valence-electron chi connectivity index (χ0n) is 15.5. The van der Waals surface area contributed by atoms with Crippen molar-refractivity contribution in [3.05, 3.63) is 66.4 Å². The Kier molecular flexibility index (Phi) is 5.73. The molecule has 0 bridgehead atoms. The molecule has 0 fully saturated rings. The minimum absolute atomic E-state index is 0.395. The predicted octanol–water partition coefficient (Wildman–Crippen LogP) is 3.28. The molecule has 26 heavy (non-hydrogen) atoms. The van der Waals surface area contributed by atoms with E-state index in [-0.39, 0.29) is 0 Å². The van der Waals surface area contributed by atoms with Crippen LogP contribution in [0.1, 0.15) is 18.5 Å². The lowest BCUT2D eigenvalue weighted by molar-refractivity contribution is 0.456. The van der Waals surface area contributed by atoms with Crippen LogP contribution in [-0.4, -0.2) is 34.0 Å². The molecule has 2 heterocycles. The van der Waals surface area contributed by atoms with Crippen LogP contribution in [0.25, 0.3) is 11.3 Å². The van der Waals surface area contributed by atoms with Crippen molar-refractivity contribution in [3.63, 3.8) is 0 Å². The van der Waals surface area contributed by atoms with Gasteiger partial charge in [0, 0.05) is 38.1 Å². The van der Waals surface area contributed by atoms with Crippen LogP contribution < -0.4 is 5.32 Å². The average Bonchev–Trinajstić information content (AvgIpc) is 3.29. The largest absolute Gasteiger partial charge is 0.439 e. The quantitative estimate of drug-likeness (QED) is 0.547. The van der Waals surface area contributed by atoms with E-state index in [1.807, 2.05) is 56.7 Å². The van der Waals surface area contributed by atoms with Crippen LogP contribution >= 0.6 is 0 Å². The molecule has 0 aliphatic carbocycles. The molecule has 0 aliphatic heterocycles. The number of hydrogen-bond donors (Lipinski definition) is 1. The summed E-state index contributed by atoms with van der Waals surface area (Å²) < 4.78 is 7.95. The molecule has 1 aromatic carbocycles. The molecule has 0 amide bonds. The fourth-order valence-electron chi connectivity index (χ4n) is 2.71. The van der Waals surface area contributed by atoms with Gasteiger partial charge >= 0.3 is 0 Å². The topological polar surface area (TPSA) is 58.6 Å². The van der Waals surface area contributed by atoms with Gasteiger partial charge in [-0.05, 0) is 19.1 Å². The van der Waals surface area contributed by atoms with Crippen LogP contribution in [0.4, 0.5) is 0 Å². The van der Waals surface area contributed by atoms with Gasteiger partial charge in [0.05, 0.1) is 12.7 Å². The van der Waals surface area contributed by atoms with Gasteiger partial charge in [-0.15, -0.1) is 0 Å². The number of rotatable bonds is 6. The average molecular weight is 351 g/mol. The summed E-state index contributed by atoms with van der Waals surface area (Å²) in [6, 6.07) is 14.1. The van der Waals surface area contributed by atoms with E-state index < -0.39 is 0 Å². The zero-order valence-corrected chi connectivity index (χ0v) is 15.5. The highest BCUT2D eigenvalue weighted by atomic mass is 16.4. The molecule has 6 heteroatoms. The molecule has 6 nitrogen and oxygen atoms in total. The van der Waals surface area contributed by atoms with E-state index in [9.17, 15) is 0 Å². The van der Waals surface area contributed by atoms with Crippen molar-refractivity contribution in [2.75, 3.05) is 13.6 Å². The summed E-state index contributed by atoms with van der Waals surface area (Å²) in [6.07, 6.45) is 3.80. The van der Waals surface area contributed by atoms with Crippen molar-refractivity contribution in [2.45, 2.75) is 20.0 Å². The lowest BCUT2D eigenvalue weighted by atomic mass is 10.2. The van der Waals surface area contributed by atoms with Crippen LogP contribution in [-0.2, 0) is 20.1 Å². The Morgan fingerprint density at radius 3 is 2.73 bits per heavy atom. The fraction of sp³-hybridized carbons (Fsp3) is 0.300. The molecule has 0 spiro atoms. The van der Waals surface area contributed by atoms with Crippen molar-refractivity contribution >= 4 is 5.96 Å². The smallest absolute Gasteiger partial charge is 0.216 e. The second-order valence-corrected chi connectivity index (χ2v) is 6.12. The van der Waals surface area contributed by atoms with E-state index in [1.54, 1.807) is 6.20 Å². The Balaban J connectivity index is 1.69. The SMILES string of the molecule is CCNC(=NCc1ncc(-c2ccccc2)o1)N(C)Cc1cccn1C. The second-order valence-electron chi connectivity index (χ2n) is 6.12. The minimum Gasteiger partial charge on any atom is -0.439 e. The fourth-order valence-corrected chi connectivity index (χ4v) is 2.71. The highest BCUT2D eigenvalue weighted by molar-refractivity contribution is 5.79. The number of nitrogens with zero attached hydrogens (tertiary/aromatic N) is 4. The van der Waals surface area contributed by atoms with Crippen LogP contribution in [0.5, 0.6) is 0 Å². The molecule has 0 saturated heterocycles. The lowest BCUT2D eigenvalue weighted by Gasteiger charge is -2.22. The number of aryl methyl sites for hydroxylation is 1. The summed E-state index contributed by atoms with van der Waals surface area (Å²) >= 11 is 0. The molecule has 0 aliphatic rings. The summed E-state index contributed by atoms with van der Waals surface area (Å²) in [6.45, 7) is 4.03. The van der Waals surface area contributed by atoms with E-state index >= 15 is 0 Å². The molecule has 3 rings (SSSR count). The summed E-state index contributed by atoms with van der Waals surface area (Å²) in [4.78, 5) is 11.1. The predicted molar refractivity (Wildman–Crippen MR) is 104 cm³/mol. The molecule has 0 atom stereocenters. The Bertz CT molecular complexity index is 850. The van der Waals surface area contributed by atoms with Crippen LogP contribution in [0, 0.1) is 0 Å². The summed E-state index contributed by atoms with van der Waals surface area (Å²) in [5.74, 6) is 2.19. The molecule has 1 N–H and O–H groups in total. The summed E-state index contributed by atoms with van der Waals surface area (Å²) in [7, 11) is 4.07. The van der Waals surface area contributed by atoms with E-state index in [0.717, 1.165) is 30.4 Å². The third-order valence-electron chi connectivity index (χ3n) is 4.12. The maximum Gasteiger partial charge on any atom is 0.216 e. The number of nitrogens with one attached hydrogen (secondary N) is 1. The maximum absolute atomic E-state index is 5.83. The highest BCUT2D eigenvalue weighted by Gasteiger charge is 2.10. The Morgan fingerprint density at radius 1 is 1.23 bits per heavy atom. The van der Waals surface area contributed by atoms with Gasteiger partial charge in [-0.25, -0.2) is 9.98 Å². The first-order chi connectivity index (χ1) is 12.7. The van der Waals surface area contributed by atoms with Crippen LogP contribution in [0.15, 0.2) is 64.3 Å². The van der Waals surface area contributed by atoms with Gasteiger partial charge in [0.15, 0.2) is 11.7 Å². The van der Waals surface area contributed by atoms with E-state index in [0.29, 0.717) is 12.4 Å². The van der Waals surface area contributed by atoms with E-state index in [1.165, 1.54) is 5.69 Å². The molecular weight excluding hydrogens is 326 g/mol. The Labute approximate surface area is 154 Å². The van der Waals surface area contributed by atoms with Crippen LogP contribution in [0.2, 0.25) is 0 Å². The molecule has 2 aromatic heterocycles. The molecule has 0 unspecified atom stereocenters. The standard InChI is InChI=1S/C20H25N5O/c1-4-21-20(25(3)15-17-11-8-12-24(17)2)23-14-19-22-13-18(26-19)16-9-6-5-7-10-16/h5-13H,4,14-15H2,1-3H3,(H,21,23). The first kappa shape index (κ1) is 17.8. The first-order valence-electron chi connectivity index (χ1n) is 8.77. The van der Waals surface area contributed by atoms with Gasteiger partial charge in [0.1, 0.15) is 6.54 Å². The van der Waals surface area contributed by atoms with Crippen molar-refractivity contribution in [2.24, 2.45) is 12.0 Å². The Hall–Kier alpha value is -3.02. The monoisotopic (exact) mass is 351 g/mol. The van der Waals surface area contributed by atoms with Crippen molar-refractivity contribution in [1.82, 2.24) is 19.8 Å². The lowest BCUT2D eigenvalue weighted by Crippen LogP contribution is -2.38. The van der Waals surface area contributed by atoms with Gasteiger partial charge in [0.2, 0.25) is 5.89 Å². The van der Waals surface area contributed by atoms with Crippen molar-refractivity contribution < 1.29 is 4.42 Å². The molecule has 136 valence electrons. The number of oxazole rings is 1. The first-order valence-corrected chi connectivity index (χ1v) is 8.77.